The summed E-state index contributed by atoms with van der Waals surface area (Å²) < 4.78 is 9.56. The van der Waals surface area contributed by atoms with Crippen LogP contribution in [-0.2, 0) is 9.53 Å². The van der Waals surface area contributed by atoms with Gasteiger partial charge in [-0.05, 0) is 12.1 Å². The lowest BCUT2D eigenvalue weighted by Crippen LogP contribution is -2.04. The van der Waals surface area contributed by atoms with Crippen molar-refractivity contribution < 1.29 is 19.1 Å². The third kappa shape index (κ3) is 3.19. The minimum absolute atomic E-state index is 0.135. The lowest BCUT2D eigenvalue weighted by molar-refractivity contribution is -0.138. The molecule has 1 heterocycles. The van der Waals surface area contributed by atoms with Crippen LogP contribution in [0.4, 0.5) is 0 Å². The Balaban J connectivity index is 2.16. The number of aromatic nitrogens is 1. The highest BCUT2D eigenvalue weighted by Gasteiger charge is 2.11. The molecule has 1 N–H and O–H groups in total. The van der Waals surface area contributed by atoms with Crippen LogP contribution in [0.1, 0.15) is 5.69 Å². The maximum absolute atomic E-state index is 10.9. The number of aromatic hydroxyl groups is 1. The Kier molecular flexibility index (Phi) is 3.92. The van der Waals surface area contributed by atoms with E-state index in [1.54, 1.807) is 12.1 Å². The predicted molar refractivity (Wildman–Crippen MR) is 68.1 cm³/mol. The molecule has 2 aromatic rings. The highest BCUT2D eigenvalue weighted by atomic mass is 16.5. The van der Waals surface area contributed by atoms with Gasteiger partial charge in [-0.1, -0.05) is 18.2 Å². The van der Waals surface area contributed by atoms with E-state index in [9.17, 15) is 9.90 Å². The van der Waals surface area contributed by atoms with Crippen molar-refractivity contribution >= 4 is 12.2 Å². The van der Waals surface area contributed by atoms with Crippen molar-refractivity contribution in [2.45, 2.75) is 0 Å². The van der Waals surface area contributed by atoms with E-state index in [1.165, 1.54) is 13.3 Å². The molecule has 0 saturated carbocycles. The third-order valence-electron chi connectivity index (χ3n) is 2.32. The number of hydrogen-bond acceptors (Lipinski definition) is 6. The summed E-state index contributed by atoms with van der Waals surface area (Å²) in [5, 5.41) is 9.58. The summed E-state index contributed by atoms with van der Waals surface area (Å²) in [5.74, 6) is -0.521. The van der Waals surface area contributed by atoms with Gasteiger partial charge in [-0.15, -0.1) is 0 Å². The smallest absolute Gasteiger partial charge is 0.327 e. The van der Waals surface area contributed by atoms with Crippen molar-refractivity contribution in [2.75, 3.05) is 13.7 Å². The zero-order valence-corrected chi connectivity index (χ0v) is 10.2. The Hall–Kier alpha value is -2.63. The van der Waals surface area contributed by atoms with Gasteiger partial charge in [-0.3, -0.25) is 9.79 Å². The number of carbonyl (C=O) groups excluding carboxylic acids is 1. The van der Waals surface area contributed by atoms with Crippen LogP contribution in [0.3, 0.4) is 0 Å². The normalized spacial score (nSPS) is 10.8. The number of esters is 1. The van der Waals surface area contributed by atoms with Crippen molar-refractivity contribution in [3.05, 3.63) is 36.0 Å². The summed E-state index contributed by atoms with van der Waals surface area (Å²) in [5.41, 5.74) is 0.910. The molecule has 0 radical (unpaired) electrons. The molecule has 0 fully saturated rings. The van der Waals surface area contributed by atoms with Gasteiger partial charge in [0.2, 0.25) is 5.89 Å². The van der Waals surface area contributed by atoms with Crippen LogP contribution in [0.5, 0.6) is 5.95 Å². The van der Waals surface area contributed by atoms with Crippen molar-refractivity contribution in [1.29, 1.82) is 0 Å². The van der Waals surface area contributed by atoms with Crippen molar-refractivity contribution in [2.24, 2.45) is 4.99 Å². The SMILES string of the molecule is COC(=O)CN=Cc1nc(-c2ccccc2)oc1O. The molecule has 0 unspecified atom stereocenters. The van der Waals surface area contributed by atoms with Crippen molar-refractivity contribution in [1.82, 2.24) is 4.98 Å². The van der Waals surface area contributed by atoms with E-state index < -0.39 is 5.97 Å². The van der Waals surface area contributed by atoms with Crippen LogP contribution in [0, 0.1) is 0 Å². The summed E-state index contributed by atoms with van der Waals surface area (Å²) in [6.45, 7) is -0.135. The van der Waals surface area contributed by atoms with Gasteiger partial charge >= 0.3 is 11.9 Å². The van der Waals surface area contributed by atoms with Gasteiger partial charge in [0.05, 0.1) is 13.3 Å². The first-order valence-electron chi connectivity index (χ1n) is 5.52. The van der Waals surface area contributed by atoms with Gasteiger partial charge < -0.3 is 14.3 Å². The number of hydrogen-bond donors (Lipinski definition) is 1. The molecule has 19 heavy (non-hydrogen) atoms. The van der Waals surface area contributed by atoms with Crippen LogP contribution in [-0.4, -0.2) is 35.9 Å². The zero-order chi connectivity index (χ0) is 13.7. The number of oxazole rings is 1. The Morgan fingerprint density at radius 1 is 1.47 bits per heavy atom. The Bertz CT molecular complexity index is 590. The van der Waals surface area contributed by atoms with E-state index in [0.717, 1.165) is 5.56 Å². The van der Waals surface area contributed by atoms with Crippen LogP contribution in [0.15, 0.2) is 39.7 Å². The number of nitrogens with zero attached hydrogens (tertiary/aromatic N) is 2. The largest absolute Gasteiger partial charge is 0.479 e. The Morgan fingerprint density at radius 2 is 2.21 bits per heavy atom. The molecule has 2 rings (SSSR count). The molecule has 0 spiro atoms. The molecule has 98 valence electrons. The maximum atomic E-state index is 10.9. The van der Waals surface area contributed by atoms with Crippen LogP contribution < -0.4 is 0 Å². The Labute approximate surface area is 109 Å². The zero-order valence-electron chi connectivity index (χ0n) is 10.2. The first-order chi connectivity index (χ1) is 9.20. The second kappa shape index (κ2) is 5.81. The van der Waals surface area contributed by atoms with Gasteiger partial charge in [-0.2, -0.15) is 0 Å². The van der Waals surface area contributed by atoms with Gasteiger partial charge in [0.15, 0.2) is 5.69 Å². The molecule has 6 heteroatoms. The van der Waals surface area contributed by atoms with Crippen LogP contribution in [0.25, 0.3) is 11.5 Å². The minimum Gasteiger partial charge on any atom is -0.479 e. The maximum Gasteiger partial charge on any atom is 0.327 e. The quantitative estimate of drug-likeness (QED) is 0.667. The van der Waals surface area contributed by atoms with E-state index >= 15 is 0 Å². The van der Waals surface area contributed by atoms with Crippen LogP contribution >= 0.6 is 0 Å². The van der Waals surface area contributed by atoms with Crippen molar-refractivity contribution in [3.63, 3.8) is 0 Å². The fourth-order valence-corrected chi connectivity index (χ4v) is 1.38. The summed E-state index contributed by atoms with van der Waals surface area (Å²) in [4.78, 5) is 18.8. The molecular weight excluding hydrogens is 248 g/mol. The van der Waals surface area contributed by atoms with E-state index in [-0.39, 0.29) is 24.1 Å². The summed E-state index contributed by atoms with van der Waals surface area (Å²) in [6, 6.07) is 9.15. The molecule has 1 aromatic carbocycles. The van der Waals surface area contributed by atoms with E-state index in [0.29, 0.717) is 0 Å². The van der Waals surface area contributed by atoms with E-state index in [2.05, 4.69) is 14.7 Å². The molecule has 1 aromatic heterocycles. The molecule has 0 saturated heterocycles. The number of carbonyl (C=O) groups is 1. The fraction of sp³-hybridized carbons (Fsp3) is 0.154. The van der Waals surface area contributed by atoms with Gasteiger partial charge in [0.1, 0.15) is 6.54 Å². The first kappa shape index (κ1) is 12.8. The van der Waals surface area contributed by atoms with Gasteiger partial charge in [0, 0.05) is 5.56 Å². The number of benzene rings is 1. The predicted octanol–water partition coefficient (Wildman–Crippen LogP) is 1.64. The minimum atomic E-state index is -0.470. The molecule has 6 nitrogen and oxygen atoms in total. The van der Waals surface area contributed by atoms with Crippen LogP contribution in [0.2, 0.25) is 0 Å². The van der Waals surface area contributed by atoms with Gasteiger partial charge in [0.25, 0.3) is 0 Å². The lowest BCUT2D eigenvalue weighted by Gasteiger charge is -1.91. The topological polar surface area (TPSA) is 84.9 Å². The Morgan fingerprint density at radius 3 is 2.89 bits per heavy atom. The van der Waals surface area contributed by atoms with Gasteiger partial charge in [-0.25, -0.2) is 4.98 Å². The van der Waals surface area contributed by atoms with E-state index in [1.807, 2.05) is 18.2 Å². The summed E-state index contributed by atoms with van der Waals surface area (Å²) >= 11 is 0. The average Bonchev–Trinajstić information content (AvgIpc) is 2.81. The van der Waals surface area contributed by atoms with E-state index in [4.69, 9.17) is 4.42 Å². The summed E-state index contributed by atoms with van der Waals surface area (Å²) in [6.07, 6.45) is 1.27. The fourth-order valence-electron chi connectivity index (χ4n) is 1.38. The molecule has 0 amide bonds. The standard InChI is InChI=1S/C13H12N2O4/c1-18-11(16)8-14-7-10-13(17)19-12(15-10)9-5-3-2-4-6-9/h2-7,17H,8H2,1H3. The third-order valence-corrected chi connectivity index (χ3v) is 2.32. The first-order valence-corrected chi connectivity index (χ1v) is 5.52. The average molecular weight is 260 g/mol. The molecule has 0 aliphatic rings. The summed E-state index contributed by atoms with van der Waals surface area (Å²) in [7, 11) is 1.28. The second-order valence-corrected chi connectivity index (χ2v) is 3.62. The number of rotatable bonds is 4. The molecule has 0 atom stereocenters. The highest BCUT2D eigenvalue weighted by molar-refractivity contribution is 5.83. The molecule has 0 bridgehead atoms. The molecule has 0 aliphatic heterocycles. The number of ether oxygens (including phenoxy) is 1. The second-order valence-electron chi connectivity index (χ2n) is 3.62. The number of methoxy groups -OCH3 is 1. The monoisotopic (exact) mass is 260 g/mol. The molecule has 0 aliphatic carbocycles. The number of aliphatic imine (C=N–C) groups is 1. The molecular formula is C13H12N2O4. The highest BCUT2D eigenvalue weighted by Crippen LogP contribution is 2.24. The lowest BCUT2D eigenvalue weighted by atomic mass is 10.2. The van der Waals surface area contributed by atoms with Crippen molar-refractivity contribution in [3.8, 4) is 17.4 Å².